The molecule has 1 aromatic carbocycles. The molecule has 0 spiro atoms. The van der Waals surface area contributed by atoms with Crippen LogP contribution in [0.25, 0.3) is 0 Å². The fourth-order valence-electron chi connectivity index (χ4n) is 0.803. The quantitative estimate of drug-likeness (QED) is 0.730. The van der Waals surface area contributed by atoms with E-state index in [0.29, 0.717) is 0 Å². The highest BCUT2D eigenvalue weighted by molar-refractivity contribution is 7.74. The lowest BCUT2D eigenvalue weighted by Gasteiger charge is -1.99. The summed E-state index contributed by atoms with van der Waals surface area (Å²) in [6.07, 6.45) is 0. The molecule has 4 heteroatoms. The smallest absolute Gasteiger partial charge is 0.284 e. The van der Waals surface area contributed by atoms with Crippen molar-refractivity contribution in [2.45, 2.75) is 13.5 Å². The summed E-state index contributed by atoms with van der Waals surface area (Å²) < 4.78 is 22.9. The van der Waals surface area contributed by atoms with E-state index in [1.165, 1.54) is 0 Å². The number of hydrogen-bond acceptors (Lipinski definition) is 2. The van der Waals surface area contributed by atoms with Crippen LogP contribution in [0.15, 0.2) is 24.3 Å². The van der Waals surface area contributed by atoms with Crippen molar-refractivity contribution in [3.63, 3.8) is 0 Å². The number of hydrogen-bond donors (Lipinski definition) is 1. The van der Waals surface area contributed by atoms with Gasteiger partial charge in [0.1, 0.15) is 0 Å². The van der Waals surface area contributed by atoms with Gasteiger partial charge in [-0.15, -0.1) is 0 Å². The first-order chi connectivity index (χ1) is 5.68. The molecular weight excluding hydrogens is 176 g/mol. The van der Waals surface area contributed by atoms with Crippen LogP contribution in [-0.2, 0) is 22.2 Å². The molecular formula is C8H10O3S. The molecule has 1 unspecified atom stereocenters. The first kappa shape index (κ1) is 9.38. The zero-order chi connectivity index (χ0) is 8.97. The van der Waals surface area contributed by atoms with Gasteiger partial charge in [-0.2, -0.15) is 4.21 Å². The van der Waals surface area contributed by atoms with Gasteiger partial charge in [0.25, 0.3) is 0 Å². The van der Waals surface area contributed by atoms with Gasteiger partial charge < -0.3 is 0 Å². The predicted octanol–water partition coefficient (Wildman–Crippen LogP) is 1.65. The summed E-state index contributed by atoms with van der Waals surface area (Å²) in [6, 6.07) is 7.59. The molecule has 0 saturated carbocycles. The van der Waals surface area contributed by atoms with Crippen molar-refractivity contribution in [3.8, 4) is 0 Å². The maximum absolute atomic E-state index is 10.1. The molecule has 66 valence electrons. The van der Waals surface area contributed by atoms with E-state index in [-0.39, 0.29) is 6.61 Å². The molecule has 0 fully saturated rings. The third kappa shape index (κ3) is 3.13. The molecule has 1 atom stereocenters. The standard InChI is InChI=1S/C8H10O3S/c1-7-2-4-8(5-3-7)6-11-12(9)10/h2-5H,6H2,1H3,(H,9,10). The number of benzene rings is 1. The minimum Gasteiger partial charge on any atom is -0.284 e. The van der Waals surface area contributed by atoms with Crippen LogP contribution >= 0.6 is 0 Å². The predicted molar refractivity (Wildman–Crippen MR) is 46.7 cm³/mol. The fraction of sp³-hybridized carbons (Fsp3) is 0.250. The van der Waals surface area contributed by atoms with Crippen molar-refractivity contribution in [1.29, 1.82) is 0 Å². The van der Waals surface area contributed by atoms with Crippen molar-refractivity contribution in [3.05, 3.63) is 35.4 Å². The van der Waals surface area contributed by atoms with Crippen molar-refractivity contribution < 1.29 is 12.9 Å². The monoisotopic (exact) mass is 186 g/mol. The van der Waals surface area contributed by atoms with Crippen LogP contribution in [0.1, 0.15) is 11.1 Å². The maximum Gasteiger partial charge on any atom is 0.302 e. The SMILES string of the molecule is Cc1ccc(COS(=O)O)cc1. The van der Waals surface area contributed by atoms with E-state index in [1.807, 2.05) is 31.2 Å². The lowest BCUT2D eigenvalue weighted by molar-refractivity contribution is 0.297. The molecule has 0 aliphatic carbocycles. The molecule has 0 bridgehead atoms. The normalized spacial score (nSPS) is 12.8. The second-order valence-electron chi connectivity index (χ2n) is 2.46. The Balaban J connectivity index is 2.53. The molecule has 0 radical (unpaired) electrons. The molecule has 0 amide bonds. The largest absolute Gasteiger partial charge is 0.302 e. The van der Waals surface area contributed by atoms with Crippen LogP contribution in [0, 0.1) is 6.92 Å². The van der Waals surface area contributed by atoms with E-state index < -0.39 is 11.4 Å². The second-order valence-corrected chi connectivity index (χ2v) is 3.13. The van der Waals surface area contributed by atoms with Gasteiger partial charge in [-0.25, -0.2) is 0 Å². The van der Waals surface area contributed by atoms with E-state index in [9.17, 15) is 4.21 Å². The molecule has 3 nitrogen and oxygen atoms in total. The number of rotatable bonds is 3. The van der Waals surface area contributed by atoms with E-state index in [0.717, 1.165) is 11.1 Å². The minimum absolute atomic E-state index is 0.170. The molecule has 0 saturated heterocycles. The molecule has 0 aliphatic rings. The highest BCUT2D eigenvalue weighted by atomic mass is 32.2. The highest BCUT2D eigenvalue weighted by Gasteiger charge is 1.95. The Morgan fingerprint density at radius 3 is 2.50 bits per heavy atom. The highest BCUT2D eigenvalue weighted by Crippen LogP contribution is 2.04. The zero-order valence-corrected chi connectivity index (χ0v) is 7.50. The average Bonchev–Trinajstić information content (AvgIpc) is 2.03. The summed E-state index contributed by atoms with van der Waals surface area (Å²) in [5, 5.41) is 0. The number of aryl methyl sites for hydroxylation is 1. The van der Waals surface area contributed by atoms with Gasteiger partial charge in [-0.05, 0) is 12.5 Å². The molecule has 12 heavy (non-hydrogen) atoms. The van der Waals surface area contributed by atoms with E-state index in [2.05, 4.69) is 4.18 Å². The Morgan fingerprint density at radius 2 is 2.00 bits per heavy atom. The van der Waals surface area contributed by atoms with Gasteiger partial charge in [0, 0.05) is 0 Å². The fourth-order valence-corrected chi connectivity index (χ4v) is 1.04. The Labute approximate surface area is 73.9 Å². The molecule has 0 aliphatic heterocycles. The van der Waals surface area contributed by atoms with Gasteiger partial charge in [-0.1, -0.05) is 29.8 Å². The summed E-state index contributed by atoms with van der Waals surface area (Å²) >= 11 is -2.17. The Hall–Kier alpha value is -0.710. The summed E-state index contributed by atoms with van der Waals surface area (Å²) in [5.74, 6) is 0. The van der Waals surface area contributed by atoms with Crippen LogP contribution < -0.4 is 0 Å². The van der Waals surface area contributed by atoms with Crippen LogP contribution in [-0.4, -0.2) is 8.76 Å². The first-order valence-corrected chi connectivity index (χ1v) is 4.51. The van der Waals surface area contributed by atoms with Crippen LogP contribution in [0.2, 0.25) is 0 Å². The summed E-state index contributed by atoms with van der Waals surface area (Å²) in [6.45, 7) is 2.15. The van der Waals surface area contributed by atoms with Crippen LogP contribution in [0.4, 0.5) is 0 Å². The Kier molecular flexibility index (Phi) is 3.40. The third-order valence-electron chi connectivity index (χ3n) is 1.45. The summed E-state index contributed by atoms with van der Waals surface area (Å²) in [7, 11) is 0. The van der Waals surface area contributed by atoms with Crippen molar-refractivity contribution >= 4 is 11.4 Å². The second kappa shape index (κ2) is 4.35. The van der Waals surface area contributed by atoms with Crippen molar-refractivity contribution in [2.75, 3.05) is 0 Å². The lowest BCUT2D eigenvalue weighted by atomic mass is 10.2. The topological polar surface area (TPSA) is 46.5 Å². The molecule has 1 aromatic rings. The van der Waals surface area contributed by atoms with E-state index in [4.69, 9.17) is 4.55 Å². The van der Waals surface area contributed by atoms with Gasteiger partial charge in [0.2, 0.25) is 0 Å². The zero-order valence-electron chi connectivity index (χ0n) is 6.69. The molecule has 0 aromatic heterocycles. The summed E-state index contributed by atoms with van der Waals surface area (Å²) in [4.78, 5) is 0. The van der Waals surface area contributed by atoms with E-state index >= 15 is 0 Å². The summed E-state index contributed by atoms with van der Waals surface area (Å²) in [5.41, 5.74) is 2.05. The van der Waals surface area contributed by atoms with Crippen LogP contribution in [0.3, 0.4) is 0 Å². The lowest BCUT2D eigenvalue weighted by Crippen LogP contribution is -1.95. The Morgan fingerprint density at radius 1 is 1.42 bits per heavy atom. The van der Waals surface area contributed by atoms with E-state index in [1.54, 1.807) is 0 Å². The van der Waals surface area contributed by atoms with Gasteiger partial charge in [0.15, 0.2) is 0 Å². The van der Waals surface area contributed by atoms with Gasteiger partial charge >= 0.3 is 11.4 Å². The molecule has 1 N–H and O–H groups in total. The van der Waals surface area contributed by atoms with Crippen LogP contribution in [0.5, 0.6) is 0 Å². The Bertz CT molecular complexity index is 268. The van der Waals surface area contributed by atoms with Crippen molar-refractivity contribution in [2.24, 2.45) is 0 Å². The molecule has 0 heterocycles. The van der Waals surface area contributed by atoms with Gasteiger partial charge in [-0.3, -0.25) is 8.74 Å². The minimum atomic E-state index is -2.17. The third-order valence-corrected chi connectivity index (χ3v) is 1.77. The van der Waals surface area contributed by atoms with Crippen molar-refractivity contribution in [1.82, 2.24) is 0 Å². The average molecular weight is 186 g/mol. The first-order valence-electron chi connectivity index (χ1n) is 3.48. The maximum atomic E-state index is 10.1. The van der Waals surface area contributed by atoms with Gasteiger partial charge in [0.05, 0.1) is 6.61 Å². The molecule has 1 rings (SSSR count).